The van der Waals surface area contributed by atoms with Gasteiger partial charge in [-0.15, -0.1) is 0 Å². The van der Waals surface area contributed by atoms with Gasteiger partial charge in [0.05, 0.1) is 0 Å². The first-order valence-electron chi connectivity index (χ1n) is 6.10. The summed E-state index contributed by atoms with van der Waals surface area (Å²) in [6, 6.07) is 7.01. The number of carbonyl (C=O) groups excluding carboxylic acids is 1. The van der Waals surface area contributed by atoms with Gasteiger partial charge in [0.25, 0.3) is 5.91 Å². The predicted molar refractivity (Wildman–Crippen MR) is 82.1 cm³/mol. The Bertz CT molecular complexity index is 437. The molecule has 0 heterocycles. The van der Waals surface area contributed by atoms with Crippen molar-refractivity contribution in [2.24, 2.45) is 5.41 Å². The van der Waals surface area contributed by atoms with Gasteiger partial charge in [0.2, 0.25) is 0 Å². The lowest BCUT2D eigenvalue weighted by molar-refractivity contribution is -0.127. The Morgan fingerprint density at radius 3 is 2.79 bits per heavy atom. The van der Waals surface area contributed by atoms with Crippen molar-refractivity contribution in [3.63, 3.8) is 0 Å². The maximum Gasteiger partial charge on any atom is 0.260 e. The average molecular weight is 349 g/mol. The van der Waals surface area contributed by atoms with Crippen molar-refractivity contribution < 1.29 is 9.53 Å². The van der Waals surface area contributed by atoms with Gasteiger partial charge < -0.3 is 10.1 Å². The average Bonchev–Trinajstić information content (AvgIpc) is 2.36. The molecule has 0 aliphatic rings. The SMILES string of the molecule is CC(Oc1cccc(Cl)c1)C(=O)NCC(C)(C)CBr. The standard InChI is InChI=1S/C14H19BrClNO2/c1-10(13(18)17-9-14(2,3)8-15)19-12-6-4-5-11(16)7-12/h4-7,10H,8-9H2,1-3H3,(H,17,18). The van der Waals surface area contributed by atoms with Crippen molar-refractivity contribution >= 4 is 33.4 Å². The van der Waals surface area contributed by atoms with Crippen LogP contribution in [0.3, 0.4) is 0 Å². The third-order valence-electron chi connectivity index (χ3n) is 2.58. The maximum atomic E-state index is 11.9. The zero-order valence-corrected chi connectivity index (χ0v) is 13.7. The van der Waals surface area contributed by atoms with Gasteiger partial charge in [-0.1, -0.05) is 47.4 Å². The fraction of sp³-hybridized carbons (Fsp3) is 0.500. The molecule has 1 aromatic rings. The number of hydrogen-bond donors (Lipinski definition) is 1. The molecule has 0 aliphatic heterocycles. The van der Waals surface area contributed by atoms with E-state index in [-0.39, 0.29) is 11.3 Å². The van der Waals surface area contributed by atoms with E-state index in [4.69, 9.17) is 16.3 Å². The molecule has 0 aromatic heterocycles. The molecule has 3 nitrogen and oxygen atoms in total. The zero-order chi connectivity index (χ0) is 14.5. The molecule has 0 saturated heterocycles. The van der Waals surface area contributed by atoms with Crippen LogP contribution in [0.15, 0.2) is 24.3 Å². The van der Waals surface area contributed by atoms with Crippen LogP contribution in [0.5, 0.6) is 5.75 Å². The molecule has 1 N–H and O–H groups in total. The fourth-order valence-corrected chi connectivity index (χ4v) is 1.69. The Balaban J connectivity index is 2.49. The second kappa shape index (κ2) is 7.15. The van der Waals surface area contributed by atoms with Gasteiger partial charge >= 0.3 is 0 Å². The number of benzene rings is 1. The highest BCUT2D eigenvalue weighted by Gasteiger charge is 2.20. The number of carbonyl (C=O) groups is 1. The molecule has 0 spiro atoms. The third kappa shape index (κ3) is 5.83. The van der Waals surface area contributed by atoms with Crippen LogP contribution < -0.4 is 10.1 Å². The summed E-state index contributed by atoms with van der Waals surface area (Å²) in [5.41, 5.74) is 0.0193. The maximum absolute atomic E-state index is 11.9. The van der Waals surface area contributed by atoms with Gasteiger partial charge in [0.15, 0.2) is 6.10 Å². The van der Waals surface area contributed by atoms with E-state index < -0.39 is 6.10 Å². The highest BCUT2D eigenvalue weighted by molar-refractivity contribution is 9.09. The van der Waals surface area contributed by atoms with Crippen LogP contribution >= 0.6 is 27.5 Å². The summed E-state index contributed by atoms with van der Waals surface area (Å²) in [5.74, 6) is 0.462. The van der Waals surface area contributed by atoms with E-state index in [1.807, 2.05) is 0 Å². The molecule has 0 radical (unpaired) electrons. The highest BCUT2D eigenvalue weighted by atomic mass is 79.9. The number of ether oxygens (including phenoxy) is 1. The Labute approximate surface area is 127 Å². The summed E-state index contributed by atoms with van der Waals surface area (Å²) in [6.45, 7) is 6.47. The second-order valence-electron chi connectivity index (χ2n) is 5.23. The van der Waals surface area contributed by atoms with Crippen LogP contribution in [0, 0.1) is 5.41 Å². The van der Waals surface area contributed by atoms with Crippen LogP contribution in [0.4, 0.5) is 0 Å². The lowest BCUT2D eigenvalue weighted by Gasteiger charge is -2.23. The monoisotopic (exact) mass is 347 g/mol. The Morgan fingerprint density at radius 2 is 2.21 bits per heavy atom. The minimum absolute atomic E-state index is 0.0193. The van der Waals surface area contributed by atoms with Crippen LogP contribution in [0.2, 0.25) is 5.02 Å². The molecule has 0 aliphatic carbocycles. The summed E-state index contributed by atoms with van der Waals surface area (Å²) in [4.78, 5) is 11.9. The normalized spacial score (nSPS) is 12.9. The van der Waals surface area contributed by atoms with E-state index >= 15 is 0 Å². The molecule has 0 bridgehead atoms. The molecule has 1 amide bonds. The van der Waals surface area contributed by atoms with Crippen molar-refractivity contribution in [3.05, 3.63) is 29.3 Å². The summed E-state index contributed by atoms with van der Waals surface area (Å²) >= 11 is 9.28. The van der Waals surface area contributed by atoms with Crippen molar-refractivity contribution in [1.29, 1.82) is 0 Å². The van der Waals surface area contributed by atoms with Crippen LogP contribution in [0.1, 0.15) is 20.8 Å². The van der Waals surface area contributed by atoms with Gasteiger partial charge in [0, 0.05) is 16.9 Å². The first-order valence-corrected chi connectivity index (χ1v) is 7.60. The topological polar surface area (TPSA) is 38.3 Å². The van der Waals surface area contributed by atoms with Gasteiger partial charge in [-0.3, -0.25) is 4.79 Å². The number of alkyl halides is 1. The molecule has 1 aromatic carbocycles. The molecule has 106 valence electrons. The smallest absolute Gasteiger partial charge is 0.260 e. The molecule has 5 heteroatoms. The van der Waals surface area contributed by atoms with E-state index in [0.29, 0.717) is 17.3 Å². The largest absolute Gasteiger partial charge is 0.481 e. The Hall–Kier alpha value is -0.740. The molecular formula is C14H19BrClNO2. The van der Waals surface area contributed by atoms with E-state index in [0.717, 1.165) is 5.33 Å². The summed E-state index contributed by atoms with van der Waals surface area (Å²) in [7, 11) is 0. The molecule has 1 rings (SSSR count). The zero-order valence-electron chi connectivity index (χ0n) is 11.4. The minimum atomic E-state index is -0.551. The van der Waals surface area contributed by atoms with Gasteiger partial charge in [-0.2, -0.15) is 0 Å². The number of rotatable bonds is 6. The molecule has 1 atom stereocenters. The van der Waals surface area contributed by atoms with Crippen LogP contribution in [-0.2, 0) is 4.79 Å². The van der Waals surface area contributed by atoms with E-state index in [1.54, 1.807) is 31.2 Å². The summed E-state index contributed by atoms with van der Waals surface area (Å²) in [6.07, 6.45) is -0.551. The molecule has 1 unspecified atom stereocenters. The Kier molecular flexibility index (Phi) is 6.14. The molecular weight excluding hydrogens is 330 g/mol. The quantitative estimate of drug-likeness (QED) is 0.797. The first kappa shape index (κ1) is 16.3. The van der Waals surface area contributed by atoms with Gasteiger partial charge in [-0.25, -0.2) is 0 Å². The number of amides is 1. The van der Waals surface area contributed by atoms with Crippen molar-refractivity contribution in [1.82, 2.24) is 5.32 Å². The predicted octanol–water partition coefficient (Wildman–Crippen LogP) is 3.64. The first-order chi connectivity index (χ1) is 8.84. The minimum Gasteiger partial charge on any atom is -0.481 e. The summed E-state index contributed by atoms with van der Waals surface area (Å²) in [5, 5.41) is 4.29. The second-order valence-corrected chi connectivity index (χ2v) is 6.23. The molecule has 0 fully saturated rings. The molecule has 0 saturated carbocycles. The van der Waals surface area contributed by atoms with E-state index in [1.165, 1.54) is 0 Å². The fourth-order valence-electron chi connectivity index (χ4n) is 1.32. The molecule has 19 heavy (non-hydrogen) atoms. The van der Waals surface area contributed by atoms with Crippen LogP contribution in [0.25, 0.3) is 0 Å². The van der Waals surface area contributed by atoms with Crippen molar-refractivity contribution in [2.75, 3.05) is 11.9 Å². The number of hydrogen-bond acceptors (Lipinski definition) is 2. The van der Waals surface area contributed by atoms with E-state index in [2.05, 4.69) is 35.1 Å². The van der Waals surface area contributed by atoms with Crippen molar-refractivity contribution in [2.45, 2.75) is 26.9 Å². The lowest BCUT2D eigenvalue weighted by atomic mass is 9.97. The van der Waals surface area contributed by atoms with Gasteiger partial charge in [-0.05, 0) is 30.5 Å². The number of nitrogens with one attached hydrogen (secondary N) is 1. The van der Waals surface area contributed by atoms with Crippen molar-refractivity contribution in [3.8, 4) is 5.75 Å². The third-order valence-corrected chi connectivity index (χ3v) is 4.33. The summed E-state index contributed by atoms with van der Waals surface area (Å²) < 4.78 is 5.55. The van der Waals surface area contributed by atoms with Gasteiger partial charge in [0.1, 0.15) is 5.75 Å². The lowest BCUT2D eigenvalue weighted by Crippen LogP contribution is -2.41. The van der Waals surface area contributed by atoms with Crippen LogP contribution in [-0.4, -0.2) is 23.9 Å². The highest BCUT2D eigenvalue weighted by Crippen LogP contribution is 2.19. The van der Waals surface area contributed by atoms with E-state index in [9.17, 15) is 4.79 Å². The number of halogens is 2. The Morgan fingerprint density at radius 1 is 1.53 bits per heavy atom.